The molecule has 0 radical (unpaired) electrons. The third kappa shape index (κ3) is 2.47. The molecule has 0 bridgehead atoms. The van der Waals surface area contributed by atoms with Crippen LogP contribution in [-0.2, 0) is 6.42 Å². The van der Waals surface area contributed by atoms with Gasteiger partial charge in [-0.25, -0.2) is 19.7 Å². The van der Waals surface area contributed by atoms with Gasteiger partial charge in [0.05, 0.1) is 5.69 Å². The van der Waals surface area contributed by atoms with Crippen LogP contribution in [0, 0.1) is 0 Å². The Balaban J connectivity index is 2.44. The van der Waals surface area contributed by atoms with Gasteiger partial charge in [-0.2, -0.15) is 0 Å². The van der Waals surface area contributed by atoms with Crippen LogP contribution in [0.3, 0.4) is 0 Å². The number of aryl methyl sites for hydroxylation is 1. The molecule has 6 heteroatoms. The molecule has 0 amide bonds. The van der Waals surface area contributed by atoms with Crippen LogP contribution in [0.25, 0.3) is 10.8 Å². The first-order chi connectivity index (χ1) is 8.22. The summed E-state index contributed by atoms with van der Waals surface area (Å²) in [5.41, 5.74) is 0.618. The molecule has 2 rings (SSSR count). The molecule has 0 unspecified atom stereocenters. The van der Waals surface area contributed by atoms with Crippen LogP contribution in [0.15, 0.2) is 18.5 Å². The maximum atomic E-state index is 11.1. The average molecular weight is 249 g/mol. The lowest BCUT2D eigenvalue weighted by Gasteiger charge is -1.93. The lowest BCUT2D eigenvalue weighted by molar-refractivity contribution is 0.0700. The van der Waals surface area contributed by atoms with Crippen molar-refractivity contribution in [3.8, 4) is 10.8 Å². The molecule has 2 aromatic heterocycles. The van der Waals surface area contributed by atoms with Gasteiger partial charge in [-0.15, -0.1) is 11.3 Å². The fourth-order valence-electron chi connectivity index (χ4n) is 1.43. The Morgan fingerprint density at radius 2 is 2.12 bits per heavy atom. The summed E-state index contributed by atoms with van der Waals surface area (Å²) < 4.78 is 0. The number of thiazole rings is 1. The largest absolute Gasteiger partial charge is 0.477 e. The van der Waals surface area contributed by atoms with Crippen molar-refractivity contribution in [1.29, 1.82) is 0 Å². The highest BCUT2D eigenvalue weighted by molar-refractivity contribution is 7.16. The molecule has 0 aliphatic carbocycles. The van der Waals surface area contributed by atoms with Gasteiger partial charge >= 0.3 is 5.97 Å². The zero-order valence-electron chi connectivity index (χ0n) is 9.25. The Hall–Kier alpha value is -1.82. The van der Waals surface area contributed by atoms with Gasteiger partial charge in [-0.3, -0.25) is 0 Å². The summed E-state index contributed by atoms with van der Waals surface area (Å²) >= 11 is 1.12. The van der Waals surface area contributed by atoms with E-state index in [4.69, 9.17) is 5.11 Å². The van der Waals surface area contributed by atoms with Crippen molar-refractivity contribution >= 4 is 17.3 Å². The summed E-state index contributed by atoms with van der Waals surface area (Å²) in [4.78, 5) is 23.8. The molecular weight excluding hydrogens is 238 g/mol. The van der Waals surface area contributed by atoms with Crippen molar-refractivity contribution in [2.75, 3.05) is 0 Å². The maximum absolute atomic E-state index is 11.1. The Morgan fingerprint density at radius 3 is 2.71 bits per heavy atom. The van der Waals surface area contributed by atoms with E-state index in [0.29, 0.717) is 22.9 Å². The normalized spacial score (nSPS) is 10.4. The van der Waals surface area contributed by atoms with Crippen molar-refractivity contribution in [2.24, 2.45) is 0 Å². The third-order valence-electron chi connectivity index (χ3n) is 2.14. The van der Waals surface area contributed by atoms with Crippen LogP contribution >= 0.6 is 11.3 Å². The van der Waals surface area contributed by atoms with Crippen molar-refractivity contribution in [3.63, 3.8) is 0 Å². The molecule has 0 atom stereocenters. The van der Waals surface area contributed by atoms with Crippen molar-refractivity contribution in [3.05, 3.63) is 29.0 Å². The molecular formula is C11H11N3O2S. The number of carbonyl (C=O) groups is 1. The predicted molar refractivity (Wildman–Crippen MR) is 64.1 cm³/mol. The van der Waals surface area contributed by atoms with E-state index in [9.17, 15) is 4.79 Å². The molecule has 0 saturated heterocycles. The van der Waals surface area contributed by atoms with Gasteiger partial charge in [0.2, 0.25) is 0 Å². The molecule has 88 valence electrons. The standard InChI is InChI=1S/C11H11N3O2S/c1-2-4-7-8(11(15)16)17-10(14-7)9-12-5-3-6-13-9/h3,5-6H,2,4H2,1H3,(H,15,16). The Morgan fingerprint density at radius 1 is 1.41 bits per heavy atom. The van der Waals surface area contributed by atoms with Crippen LogP contribution in [0.2, 0.25) is 0 Å². The summed E-state index contributed by atoms with van der Waals surface area (Å²) in [5.74, 6) is -0.463. The van der Waals surface area contributed by atoms with Crippen LogP contribution in [0.5, 0.6) is 0 Å². The van der Waals surface area contributed by atoms with Crippen LogP contribution < -0.4 is 0 Å². The van der Waals surface area contributed by atoms with Crippen molar-refractivity contribution in [2.45, 2.75) is 19.8 Å². The first-order valence-corrected chi connectivity index (χ1v) is 6.04. The number of hydrogen-bond acceptors (Lipinski definition) is 5. The lowest BCUT2D eigenvalue weighted by Crippen LogP contribution is -1.98. The molecule has 2 aromatic rings. The van der Waals surface area contributed by atoms with E-state index in [1.54, 1.807) is 18.5 Å². The molecule has 2 heterocycles. The van der Waals surface area contributed by atoms with E-state index < -0.39 is 5.97 Å². The van der Waals surface area contributed by atoms with Crippen LogP contribution in [0.4, 0.5) is 0 Å². The van der Waals surface area contributed by atoms with Gasteiger partial charge in [0.1, 0.15) is 4.88 Å². The monoisotopic (exact) mass is 249 g/mol. The molecule has 0 aromatic carbocycles. The molecule has 17 heavy (non-hydrogen) atoms. The predicted octanol–water partition coefficient (Wildman–Crippen LogP) is 2.25. The van der Waals surface area contributed by atoms with Gasteiger partial charge in [0.25, 0.3) is 0 Å². The molecule has 1 N–H and O–H groups in total. The third-order valence-corrected chi connectivity index (χ3v) is 3.22. The van der Waals surface area contributed by atoms with E-state index in [-0.39, 0.29) is 4.88 Å². The Labute approximate surface area is 102 Å². The summed E-state index contributed by atoms with van der Waals surface area (Å²) in [5, 5.41) is 9.64. The van der Waals surface area contributed by atoms with Crippen molar-refractivity contribution in [1.82, 2.24) is 15.0 Å². The van der Waals surface area contributed by atoms with Crippen LogP contribution in [0.1, 0.15) is 28.7 Å². The molecule has 0 saturated carbocycles. The minimum Gasteiger partial charge on any atom is -0.477 e. The molecule has 5 nitrogen and oxygen atoms in total. The zero-order valence-corrected chi connectivity index (χ0v) is 10.1. The van der Waals surface area contributed by atoms with E-state index in [0.717, 1.165) is 17.8 Å². The maximum Gasteiger partial charge on any atom is 0.347 e. The van der Waals surface area contributed by atoms with Gasteiger partial charge in [0, 0.05) is 12.4 Å². The highest BCUT2D eigenvalue weighted by Gasteiger charge is 2.18. The Kier molecular flexibility index (Phi) is 3.43. The average Bonchev–Trinajstić information content (AvgIpc) is 2.75. The summed E-state index contributed by atoms with van der Waals surface area (Å²) in [7, 11) is 0. The van der Waals surface area contributed by atoms with Gasteiger partial charge in [0.15, 0.2) is 10.8 Å². The van der Waals surface area contributed by atoms with Crippen LogP contribution in [-0.4, -0.2) is 26.0 Å². The lowest BCUT2D eigenvalue weighted by atomic mass is 10.2. The van der Waals surface area contributed by atoms with E-state index in [1.807, 2.05) is 6.92 Å². The highest BCUT2D eigenvalue weighted by atomic mass is 32.1. The highest BCUT2D eigenvalue weighted by Crippen LogP contribution is 2.26. The summed E-state index contributed by atoms with van der Waals surface area (Å²) in [6.07, 6.45) is 4.75. The van der Waals surface area contributed by atoms with Gasteiger partial charge in [-0.05, 0) is 12.5 Å². The smallest absolute Gasteiger partial charge is 0.347 e. The quantitative estimate of drug-likeness (QED) is 0.899. The number of aromatic nitrogens is 3. The van der Waals surface area contributed by atoms with E-state index in [1.165, 1.54) is 0 Å². The minimum atomic E-state index is -0.937. The fourth-order valence-corrected chi connectivity index (χ4v) is 2.33. The van der Waals surface area contributed by atoms with Crippen molar-refractivity contribution < 1.29 is 9.90 Å². The Bertz CT molecular complexity index is 525. The van der Waals surface area contributed by atoms with E-state index >= 15 is 0 Å². The number of nitrogens with zero attached hydrogens (tertiary/aromatic N) is 3. The number of carboxylic acids is 1. The number of hydrogen-bond donors (Lipinski definition) is 1. The SMILES string of the molecule is CCCc1nc(-c2ncccn2)sc1C(=O)O. The second-order valence-electron chi connectivity index (χ2n) is 3.42. The summed E-state index contributed by atoms with van der Waals surface area (Å²) in [6.45, 7) is 1.99. The first-order valence-electron chi connectivity index (χ1n) is 5.22. The number of carboxylic acid groups (broad SMARTS) is 1. The molecule has 0 spiro atoms. The summed E-state index contributed by atoms with van der Waals surface area (Å²) in [6, 6.07) is 1.71. The van der Waals surface area contributed by atoms with Gasteiger partial charge < -0.3 is 5.11 Å². The fraction of sp³-hybridized carbons (Fsp3) is 0.273. The van der Waals surface area contributed by atoms with E-state index in [2.05, 4.69) is 15.0 Å². The first kappa shape index (κ1) is 11.7. The molecule has 0 fully saturated rings. The second kappa shape index (κ2) is 5.01. The second-order valence-corrected chi connectivity index (χ2v) is 4.42. The molecule has 0 aliphatic rings. The zero-order chi connectivity index (χ0) is 12.3. The molecule has 0 aliphatic heterocycles. The van der Waals surface area contributed by atoms with Gasteiger partial charge in [-0.1, -0.05) is 13.3 Å². The topological polar surface area (TPSA) is 76.0 Å². The number of aromatic carboxylic acids is 1. The number of rotatable bonds is 4. The minimum absolute atomic E-state index is 0.286.